The van der Waals surface area contributed by atoms with Crippen LogP contribution in [0.3, 0.4) is 0 Å². The van der Waals surface area contributed by atoms with Gasteiger partial charge in [-0.2, -0.15) is 10.1 Å². The van der Waals surface area contributed by atoms with Gasteiger partial charge in [-0.1, -0.05) is 0 Å². The first-order valence-corrected chi connectivity index (χ1v) is 6.29. The summed E-state index contributed by atoms with van der Waals surface area (Å²) in [6.45, 7) is 0. The minimum Gasteiger partial charge on any atom is -0.432 e. The highest BCUT2D eigenvalue weighted by molar-refractivity contribution is 9.10. The number of halogens is 1. The van der Waals surface area contributed by atoms with Crippen molar-refractivity contribution in [3.8, 4) is 11.4 Å². The number of fused-ring (bicyclic) bond motifs is 1. The molecule has 0 N–H and O–H groups in total. The SMILES string of the molecule is Brc1c(-c2ccn(C3CC3)n2)nc2occn12. The average molecular weight is 293 g/mol. The van der Waals surface area contributed by atoms with Crippen LogP contribution < -0.4 is 0 Å². The lowest BCUT2D eigenvalue weighted by atomic mass is 10.3. The molecule has 0 aliphatic heterocycles. The molecule has 6 heteroatoms. The molecule has 4 rings (SSSR count). The van der Waals surface area contributed by atoms with Gasteiger partial charge in [0, 0.05) is 12.4 Å². The highest BCUT2D eigenvalue weighted by atomic mass is 79.9. The molecular weight excluding hydrogens is 284 g/mol. The highest BCUT2D eigenvalue weighted by Crippen LogP contribution is 2.35. The van der Waals surface area contributed by atoms with E-state index in [2.05, 4.69) is 26.0 Å². The number of imidazole rings is 1. The third-order valence-corrected chi connectivity index (χ3v) is 3.73. The van der Waals surface area contributed by atoms with Crippen LogP contribution in [-0.2, 0) is 0 Å². The van der Waals surface area contributed by atoms with Crippen LogP contribution in [0.2, 0.25) is 0 Å². The zero-order valence-corrected chi connectivity index (χ0v) is 10.5. The minimum absolute atomic E-state index is 0.577. The molecule has 1 fully saturated rings. The van der Waals surface area contributed by atoms with Crippen molar-refractivity contribution in [2.24, 2.45) is 0 Å². The van der Waals surface area contributed by atoms with Crippen LogP contribution >= 0.6 is 15.9 Å². The van der Waals surface area contributed by atoms with E-state index in [1.54, 1.807) is 6.26 Å². The Morgan fingerprint density at radius 3 is 3.00 bits per heavy atom. The number of rotatable bonds is 2. The van der Waals surface area contributed by atoms with Gasteiger partial charge in [-0.05, 0) is 34.8 Å². The summed E-state index contributed by atoms with van der Waals surface area (Å²) in [5.41, 5.74) is 1.70. The Labute approximate surface area is 105 Å². The second-order valence-corrected chi connectivity index (χ2v) is 4.97. The molecule has 17 heavy (non-hydrogen) atoms. The smallest absolute Gasteiger partial charge is 0.307 e. The van der Waals surface area contributed by atoms with Crippen molar-refractivity contribution in [1.82, 2.24) is 19.2 Å². The van der Waals surface area contributed by atoms with Gasteiger partial charge in [-0.3, -0.25) is 9.08 Å². The van der Waals surface area contributed by atoms with Gasteiger partial charge >= 0.3 is 5.84 Å². The fourth-order valence-electron chi connectivity index (χ4n) is 1.93. The van der Waals surface area contributed by atoms with Crippen LogP contribution in [0.5, 0.6) is 0 Å². The zero-order valence-electron chi connectivity index (χ0n) is 8.88. The van der Waals surface area contributed by atoms with Gasteiger partial charge in [0.2, 0.25) is 0 Å². The zero-order chi connectivity index (χ0) is 11.4. The molecule has 86 valence electrons. The van der Waals surface area contributed by atoms with Crippen LogP contribution in [-0.4, -0.2) is 19.2 Å². The van der Waals surface area contributed by atoms with Crippen molar-refractivity contribution in [2.45, 2.75) is 18.9 Å². The first kappa shape index (κ1) is 9.47. The molecule has 1 aliphatic rings. The molecule has 1 aliphatic carbocycles. The van der Waals surface area contributed by atoms with Crippen LogP contribution in [0.4, 0.5) is 0 Å². The van der Waals surface area contributed by atoms with Crippen molar-refractivity contribution in [3.05, 3.63) is 29.3 Å². The normalized spacial score (nSPS) is 15.8. The van der Waals surface area contributed by atoms with Gasteiger partial charge in [0.25, 0.3) is 0 Å². The Morgan fingerprint density at radius 1 is 1.35 bits per heavy atom. The van der Waals surface area contributed by atoms with Gasteiger partial charge in [-0.25, -0.2) is 0 Å². The molecule has 0 unspecified atom stereocenters. The lowest BCUT2D eigenvalue weighted by molar-refractivity contribution is 0.596. The maximum Gasteiger partial charge on any atom is 0.307 e. The fraction of sp³-hybridized carbons (Fsp3) is 0.273. The monoisotopic (exact) mass is 292 g/mol. The summed E-state index contributed by atoms with van der Waals surface area (Å²) in [6, 6.07) is 2.58. The molecule has 0 amide bonds. The Morgan fingerprint density at radius 2 is 2.24 bits per heavy atom. The predicted octanol–water partition coefficient (Wildman–Crippen LogP) is 2.89. The number of aromatic nitrogens is 4. The molecule has 0 saturated heterocycles. The molecule has 5 nitrogen and oxygen atoms in total. The van der Waals surface area contributed by atoms with E-state index in [0.717, 1.165) is 16.0 Å². The summed E-state index contributed by atoms with van der Waals surface area (Å²) in [7, 11) is 0. The Balaban J connectivity index is 1.85. The van der Waals surface area contributed by atoms with E-state index < -0.39 is 0 Å². The molecule has 0 aromatic carbocycles. The predicted molar refractivity (Wildman–Crippen MR) is 64.7 cm³/mol. The summed E-state index contributed by atoms with van der Waals surface area (Å²) >= 11 is 3.52. The lowest BCUT2D eigenvalue weighted by Crippen LogP contribution is -1.94. The van der Waals surface area contributed by atoms with Crippen LogP contribution in [0.15, 0.2) is 33.7 Å². The average Bonchev–Trinajstić information content (AvgIpc) is 2.77. The number of hydrogen-bond acceptors (Lipinski definition) is 3. The highest BCUT2D eigenvalue weighted by Gasteiger charge is 2.25. The van der Waals surface area contributed by atoms with Crippen molar-refractivity contribution in [3.63, 3.8) is 0 Å². The lowest BCUT2D eigenvalue weighted by Gasteiger charge is -1.95. The third kappa shape index (κ3) is 1.37. The molecule has 0 bridgehead atoms. The molecule has 0 spiro atoms. The Bertz CT molecular complexity index is 691. The minimum atomic E-state index is 0.577. The summed E-state index contributed by atoms with van der Waals surface area (Å²) in [5.74, 6) is 0.577. The molecule has 0 radical (unpaired) electrons. The second kappa shape index (κ2) is 3.22. The first-order valence-electron chi connectivity index (χ1n) is 5.49. The van der Waals surface area contributed by atoms with E-state index in [-0.39, 0.29) is 0 Å². The molecular formula is C11H9BrN4O. The van der Waals surface area contributed by atoms with Crippen molar-refractivity contribution >= 4 is 21.8 Å². The van der Waals surface area contributed by atoms with Crippen molar-refractivity contribution in [1.29, 1.82) is 0 Å². The summed E-state index contributed by atoms with van der Waals surface area (Å²) in [5, 5.41) is 4.55. The van der Waals surface area contributed by atoms with E-state index in [1.165, 1.54) is 12.8 Å². The van der Waals surface area contributed by atoms with Gasteiger partial charge < -0.3 is 4.42 Å². The standard InChI is InChI=1S/C11H9BrN4O/c12-10-9(13-11-15(10)5-6-17-11)8-3-4-16(14-8)7-1-2-7/h3-7H,1-2H2. The fourth-order valence-corrected chi connectivity index (χ4v) is 2.49. The summed E-state index contributed by atoms with van der Waals surface area (Å²) in [6.07, 6.45) is 7.91. The number of oxazole rings is 1. The van der Waals surface area contributed by atoms with Gasteiger partial charge in [0.05, 0.1) is 6.04 Å². The van der Waals surface area contributed by atoms with Gasteiger partial charge in [0.1, 0.15) is 22.3 Å². The van der Waals surface area contributed by atoms with Gasteiger partial charge in [0.15, 0.2) is 0 Å². The van der Waals surface area contributed by atoms with E-state index in [0.29, 0.717) is 11.9 Å². The van der Waals surface area contributed by atoms with Crippen LogP contribution in [0, 0.1) is 0 Å². The quantitative estimate of drug-likeness (QED) is 0.730. The topological polar surface area (TPSA) is 48.3 Å². The van der Waals surface area contributed by atoms with E-state index in [1.807, 2.05) is 27.5 Å². The van der Waals surface area contributed by atoms with E-state index >= 15 is 0 Å². The number of nitrogens with zero attached hydrogens (tertiary/aromatic N) is 4. The molecule has 3 aromatic heterocycles. The summed E-state index contributed by atoms with van der Waals surface area (Å²) < 4.78 is 10.0. The summed E-state index contributed by atoms with van der Waals surface area (Å²) in [4.78, 5) is 4.41. The maximum atomic E-state index is 5.25. The van der Waals surface area contributed by atoms with Crippen LogP contribution in [0.25, 0.3) is 17.2 Å². The Hall–Kier alpha value is -1.56. The molecule has 0 atom stereocenters. The first-order chi connectivity index (χ1) is 8.33. The molecule has 3 heterocycles. The molecule has 1 saturated carbocycles. The largest absolute Gasteiger partial charge is 0.432 e. The molecule has 3 aromatic rings. The Kier molecular flexibility index (Phi) is 1.80. The van der Waals surface area contributed by atoms with E-state index in [9.17, 15) is 0 Å². The second-order valence-electron chi connectivity index (χ2n) is 4.22. The van der Waals surface area contributed by atoms with Crippen molar-refractivity contribution < 1.29 is 4.42 Å². The maximum absolute atomic E-state index is 5.25. The van der Waals surface area contributed by atoms with Crippen molar-refractivity contribution in [2.75, 3.05) is 0 Å². The third-order valence-electron chi connectivity index (χ3n) is 2.98. The number of hydrogen-bond donors (Lipinski definition) is 0. The van der Waals surface area contributed by atoms with Gasteiger partial charge in [-0.15, -0.1) is 0 Å². The van der Waals surface area contributed by atoms with Crippen LogP contribution in [0.1, 0.15) is 18.9 Å². The van der Waals surface area contributed by atoms with E-state index in [4.69, 9.17) is 4.42 Å².